The van der Waals surface area contributed by atoms with Crippen LogP contribution < -0.4 is 21.7 Å². The lowest BCUT2D eigenvalue weighted by Crippen LogP contribution is -2.34. The van der Waals surface area contributed by atoms with Crippen LogP contribution in [0.5, 0.6) is 0 Å². The van der Waals surface area contributed by atoms with Gasteiger partial charge in [-0.3, -0.25) is 9.59 Å². The Hall–Kier alpha value is -2.94. The van der Waals surface area contributed by atoms with Crippen molar-refractivity contribution < 1.29 is 14.0 Å². The number of rotatable bonds is 6. The van der Waals surface area contributed by atoms with E-state index in [4.69, 9.17) is 17.3 Å². The van der Waals surface area contributed by atoms with E-state index in [0.29, 0.717) is 23.9 Å². The number of amides is 2. The largest absolute Gasteiger partial charge is 0.369 e. The summed E-state index contributed by atoms with van der Waals surface area (Å²) in [6, 6.07) is 4.02. The number of aromatic nitrogens is 2. The minimum atomic E-state index is -0.657. The minimum Gasteiger partial charge on any atom is -0.369 e. The van der Waals surface area contributed by atoms with Crippen LogP contribution in [0.3, 0.4) is 0 Å². The molecule has 1 aliphatic rings. The lowest BCUT2D eigenvalue weighted by atomic mass is 9.85. The predicted octanol–water partition coefficient (Wildman–Crippen LogP) is 4.45. The summed E-state index contributed by atoms with van der Waals surface area (Å²) >= 11 is 6.28. The van der Waals surface area contributed by atoms with E-state index in [2.05, 4.69) is 25.9 Å². The van der Waals surface area contributed by atoms with Gasteiger partial charge in [0.1, 0.15) is 10.8 Å². The van der Waals surface area contributed by atoms with Crippen molar-refractivity contribution in [2.24, 2.45) is 17.1 Å². The molecule has 5 N–H and O–H groups in total. The van der Waals surface area contributed by atoms with E-state index >= 15 is 0 Å². The number of nitrogens with zero attached hydrogens (tertiary/aromatic N) is 2. The Labute approximate surface area is 191 Å². The molecule has 2 atom stereocenters. The Morgan fingerprint density at radius 3 is 2.66 bits per heavy atom. The van der Waals surface area contributed by atoms with Crippen molar-refractivity contribution in [2.75, 3.05) is 16.0 Å². The summed E-state index contributed by atoms with van der Waals surface area (Å²) < 4.78 is 13.9. The molecule has 2 aromatic rings. The Balaban J connectivity index is 1.79. The van der Waals surface area contributed by atoms with Gasteiger partial charge in [0.15, 0.2) is 5.82 Å². The third-order valence-corrected chi connectivity index (χ3v) is 5.59. The average molecular weight is 463 g/mol. The molecule has 2 amide bonds. The van der Waals surface area contributed by atoms with E-state index in [1.807, 2.05) is 0 Å². The monoisotopic (exact) mass is 462 g/mol. The van der Waals surface area contributed by atoms with E-state index in [1.165, 1.54) is 24.4 Å². The number of hydrogen-bond acceptors (Lipinski definition) is 6. The Bertz CT molecular complexity index is 1010. The normalized spacial score (nSPS) is 18.7. The molecule has 0 bridgehead atoms. The van der Waals surface area contributed by atoms with Crippen molar-refractivity contribution in [3.63, 3.8) is 0 Å². The second-order valence-corrected chi connectivity index (χ2v) is 9.42. The zero-order valence-electron chi connectivity index (χ0n) is 18.3. The molecule has 1 fully saturated rings. The molecule has 1 heterocycles. The fourth-order valence-electron chi connectivity index (χ4n) is 3.45. The molecule has 0 aliphatic heterocycles. The molecular weight excluding hydrogens is 435 g/mol. The van der Waals surface area contributed by atoms with E-state index in [9.17, 15) is 14.0 Å². The van der Waals surface area contributed by atoms with Crippen LogP contribution in [0.15, 0.2) is 24.4 Å². The number of anilines is 4. The van der Waals surface area contributed by atoms with E-state index < -0.39 is 11.2 Å². The first-order valence-corrected chi connectivity index (χ1v) is 10.9. The molecule has 32 heavy (non-hydrogen) atoms. The van der Waals surface area contributed by atoms with Crippen LogP contribution >= 0.6 is 11.6 Å². The first-order valence-electron chi connectivity index (χ1n) is 10.5. The Kier molecular flexibility index (Phi) is 7.18. The zero-order valence-corrected chi connectivity index (χ0v) is 19.1. The van der Waals surface area contributed by atoms with Crippen LogP contribution in [0, 0.1) is 17.2 Å². The number of primary amides is 1. The van der Waals surface area contributed by atoms with Gasteiger partial charge in [-0.15, -0.1) is 0 Å². The van der Waals surface area contributed by atoms with Gasteiger partial charge in [-0.2, -0.15) is 4.98 Å². The summed E-state index contributed by atoms with van der Waals surface area (Å²) in [5.41, 5.74) is 5.50. The van der Waals surface area contributed by atoms with Crippen molar-refractivity contribution in [1.29, 1.82) is 0 Å². The van der Waals surface area contributed by atoms with Crippen molar-refractivity contribution in [2.45, 2.75) is 52.5 Å². The van der Waals surface area contributed by atoms with Gasteiger partial charge < -0.3 is 21.7 Å². The van der Waals surface area contributed by atoms with Gasteiger partial charge in [-0.25, -0.2) is 9.37 Å². The second-order valence-electron chi connectivity index (χ2n) is 9.02. The fourth-order valence-corrected chi connectivity index (χ4v) is 3.59. The maximum atomic E-state index is 13.9. The van der Waals surface area contributed by atoms with Crippen molar-refractivity contribution >= 4 is 46.6 Å². The number of nitrogens with two attached hydrogens (primary N) is 1. The number of carbonyl (C=O) groups excluding carboxylic acids is 2. The standard InChI is InChI=1S/C22H28ClFN6O2/c1-22(2,3)20(32)29-17-10-13(24)7-8-16(17)28-19-15(23)11-26-21(30-19)27-14-6-4-5-12(9-14)18(25)31/h7-8,10-12,14H,4-6,9H2,1-3H3,(H2,25,31)(H,29,32)(H2,26,27,28,30). The van der Waals surface area contributed by atoms with Gasteiger partial charge in [-0.05, 0) is 37.5 Å². The molecule has 3 rings (SSSR count). The molecule has 0 saturated heterocycles. The number of nitrogens with one attached hydrogen (secondary N) is 3. The van der Waals surface area contributed by atoms with Crippen LogP contribution in [0.2, 0.25) is 5.02 Å². The third kappa shape index (κ3) is 6.06. The highest BCUT2D eigenvalue weighted by molar-refractivity contribution is 6.33. The maximum Gasteiger partial charge on any atom is 0.229 e. The molecule has 1 aromatic heterocycles. The molecule has 10 heteroatoms. The van der Waals surface area contributed by atoms with Crippen molar-refractivity contribution in [3.8, 4) is 0 Å². The summed E-state index contributed by atoms with van der Waals surface area (Å²) in [5.74, 6) is -0.573. The Morgan fingerprint density at radius 2 is 1.97 bits per heavy atom. The summed E-state index contributed by atoms with van der Waals surface area (Å²) in [6.07, 6.45) is 4.61. The predicted molar refractivity (Wildman–Crippen MR) is 123 cm³/mol. The topological polar surface area (TPSA) is 122 Å². The van der Waals surface area contributed by atoms with Crippen molar-refractivity contribution in [3.05, 3.63) is 35.2 Å². The molecule has 172 valence electrons. The molecule has 8 nitrogen and oxygen atoms in total. The minimum absolute atomic E-state index is 0.0164. The Morgan fingerprint density at radius 1 is 1.22 bits per heavy atom. The number of halogens is 2. The van der Waals surface area contributed by atoms with Crippen LogP contribution in [0.25, 0.3) is 0 Å². The average Bonchev–Trinajstić information content (AvgIpc) is 2.72. The fraction of sp³-hybridized carbons (Fsp3) is 0.455. The lowest BCUT2D eigenvalue weighted by Gasteiger charge is -2.28. The van der Waals surface area contributed by atoms with Gasteiger partial charge in [0.25, 0.3) is 0 Å². The SMILES string of the molecule is CC(C)(C)C(=O)Nc1cc(F)ccc1Nc1nc(NC2CCCC(C(N)=O)C2)ncc1Cl. The van der Waals surface area contributed by atoms with E-state index in [1.54, 1.807) is 20.8 Å². The highest BCUT2D eigenvalue weighted by Gasteiger charge is 2.26. The molecular formula is C22H28ClFN6O2. The zero-order chi connectivity index (χ0) is 23.5. The number of hydrogen-bond donors (Lipinski definition) is 4. The molecule has 2 unspecified atom stereocenters. The molecule has 1 aromatic carbocycles. The smallest absolute Gasteiger partial charge is 0.229 e. The van der Waals surface area contributed by atoms with Crippen molar-refractivity contribution in [1.82, 2.24) is 9.97 Å². The van der Waals surface area contributed by atoms with E-state index in [-0.39, 0.29) is 34.5 Å². The second kappa shape index (κ2) is 9.68. The quantitative estimate of drug-likeness (QED) is 0.503. The maximum absolute atomic E-state index is 13.9. The van der Waals surface area contributed by atoms with Crippen LogP contribution in [-0.4, -0.2) is 27.8 Å². The molecule has 1 aliphatic carbocycles. The van der Waals surface area contributed by atoms with Gasteiger partial charge in [0.05, 0.1) is 17.6 Å². The van der Waals surface area contributed by atoms with Crippen LogP contribution in [0.1, 0.15) is 46.5 Å². The van der Waals surface area contributed by atoms with Gasteiger partial charge in [-0.1, -0.05) is 38.8 Å². The van der Waals surface area contributed by atoms with Crippen LogP contribution in [-0.2, 0) is 9.59 Å². The van der Waals surface area contributed by atoms with Gasteiger partial charge in [0.2, 0.25) is 17.8 Å². The highest BCUT2D eigenvalue weighted by Crippen LogP contribution is 2.31. The van der Waals surface area contributed by atoms with Gasteiger partial charge in [0, 0.05) is 17.4 Å². The lowest BCUT2D eigenvalue weighted by molar-refractivity contribution is -0.123. The van der Waals surface area contributed by atoms with Crippen LogP contribution in [0.4, 0.5) is 27.5 Å². The molecule has 1 saturated carbocycles. The number of benzene rings is 1. The first-order chi connectivity index (χ1) is 15.0. The molecule has 0 radical (unpaired) electrons. The summed E-state index contributed by atoms with van der Waals surface area (Å²) in [5, 5.41) is 9.28. The summed E-state index contributed by atoms with van der Waals surface area (Å²) in [7, 11) is 0. The van der Waals surface area contributed by atoms with Gasteiger partial charge >= 0.3 is 0 Å². The summed E-state index contributed by atoms with van der Waals surface area (Å²) in [6.45, 7) is 5.30. The highest BCUT2D eigenvalue weighted by atomic mass is 35.5. The molecule has 0 spiro atoms. The third-order valence-electron chi connectivity index (χ3n) is 5.32. The number of carbonyl (C=O) groups is 2. The summed E-state index contributed by atoms with van der Waals surface area (Å²) in [4.78, 5) is 32.6. The van der Waals surface area contributed by atoms with E-state index in [0.717, 1.165) is 19.3 Å². The first kappa shape index (κ1) is 23.7.